The third-order valence-corrected chi connectivity index (χ3v) is 17.4. The van der Waals surface area contributed by atoms with Crippen molar-refractivity contribution in [2.75, 3.05) is 6.54 Å². The highest BCUT2D eigenvalue weighted by Crippen LogP contribution is 2.68. The molecule has 0 spiro atoms. The van der Waals surface area contributed by atoms with Gasteiger partial charge in [0, 0.05) is 31.8 Å². The molecule has 0 amide bonds. The Kier molecular flexibility index (Phi) is 10.8. The van der Waals surface area contributed by atoms with Gasteiger partial charge in [-0.15, -0.1) is 0 Å². The Morgan fingerprint density at radius 3 is 2.07 bits per heavy atom. The second-order valence-electron chi connectivity index (χ2n) is 15.0. The minimum atomic E-state index is -1.86. The molecule has 7 heteroatoms. The Balaban J connectivity index is 1.72. The van der Waals surface area contributed by atoms with E-state index >= 15 is 0 Å². The summed E-state index contributed by atoms with van der Waals surface area (Å²) in [7, 11) is -1.86. The first-order chi connectivity index (χ1) is 19.9. The van der Waals surface area contributed by atoms with Crippen molar-refractivity contribution in [3.63, 3.8) is 0 Å². The highest BCUT2D eigenvalue weighted by molar-refractivity contribution is 6.73. The molecule has 0 bridgehead atoms. The lowest BCUT2D eigenvalue weighted by Crippen LogP contribution is -2.66. The quantitative estimate of drug-likeness (QED) is 0.139. The van der Waals surface area contributed by atoms with E-state index in [0.29, 0.717) is 24.3 Å². The molecule has 0 aromatic heterocycles. The number of fused-ring (bicyclic) bond motifs is 5. The Morgan fingerprint density at radius 1 is 0.929 bits per heavy atom. The summed E-state index contributed by atoms with van der Waals surface area (Å²) >= 11 is 0. The first kappa shape index (κ1) is 33.7. The lowest BCUT2D eigenvalue weighted by molar-refractivity contribution is -0.237. The van der Waals surface area contributed by atoms with Gasteiger partial charge in [-0.3, -0.25) is 9.59 Å². The maximum atomic E-state index is 12.7. The predicted octanol–water partition coefficient (Wildman–Crippen LogP) is 7.80. The molecule has 3 saturated carbocycles. The Bertz CT molecular complexity index is 983. The van der Waals surface area contributed by atoms with E-state index in [1.807, 2.05) is 0 Å². The van der Waals surface area contributed by atoms with Crippen molar-refractivity contribution in [3.8, 4) is 0 Å². The molecular weight excluding hydrogens is 542 g/mol. The molecule has 0 heterocycles. The van der Waals surface area contributed by atoms with Gasteiger partial charge in [0.15, 0.2) is 8.32 Å². The van der Waals surface area contributed by atoms with Crippen molar-refractivity contribution in [1.29, 1.82) is 0 Å². The number of nitrogens with two attached hydrogens (primary N) is 1. The lowest BCUT2D eigenvalue weighted by Gasteiger charge is -2.64. The van der Waals surface area contributed by atoms with Crippen molar-refractivity contribution < 1.29 is 23.5 Å². The summed E-state index contributed by atoms with van der Waals surface area (Å²) in [4.78, 5) is 25.4. The van der Waals surface area contributed by atoms with Gasteiger partial charge < -0.3 is 19.6 Å². The van der Waals surface area contributed by atoms with Crippen LogP contribution in [0.25, 0.3) is 0 Å². The summed E-state index contributed by atoms with van der Waals surface area (Å²) in [6.45, 7) is 17.7. The maximum absolute atomic E-state index is 12.7. The van der Waals surface area contributed by atoms with Crippen LogP contribution in [0.3, 0.4) is 0 Å². The fourth-order valence-electron chi connectivity index (χ4n) is 10.7. The fourth-order valence-corrected chi connectivity index (χ4v) is 15.5. The predicted molar refractivity (Wildman–Crippen MR) is 171 cm³/mol. The van der Waals surface area contributed by atoms with Crippen LogP contribution in [0, 0.1) is 40.4 Å². The van der Waals surface area contributed by atoms with Gasteiger partial charge in [-0.25, -0.2) is 0 Å². The van der Waals surface area contributed by atoms with Crippen LogP contribution in [0.5, 0.6) is 0 Å². The van der Waals surface area contributed by atoms with Gasteiger partial charge in [-0.1, -0.05) is 72.5 Å². The van der Waals surface area contributed by atoms with Crippen LogP contribution < -0.4 is 5.73 Å². The topological polar surface area (TPSA) is 87.9 Å². The molecule has 1 unspecified atom stereocenters. The first-order valence-electron chi connectivity index (χ1n) is 17.3. The van der Waals surface area contributed by atoms with Gasteiger partial charge in [-0.2, -0.15) is 0 Å². The van der Waals surface area contributed by atoms with Gasteiger partial charge in [0.05, 0.1) is 0 Å². The summed E-state index contributed by atoms with van der Waals surface area (Å²) in [5.74, 6) is 0.819. The molecule has 10 atom stereocenters. The van der Waals surface area contributed by atoms with Crippen molar-refractivity contribution in [2.45, 2.75) is 150 Å². The Morgan fingerprint density at radius 2 is 1.52 bits per heavy atom. The van der Waals surface area contributed by atoms with E-state index in [2.05, 4.69) is 47.6 Å². The average Bonchev–Trinajstić information content (AvgIpc) is 3.28. The van der Waals surface area contributed by atoms with Crippen LogP contribution in [0.1, 0.15) is 113 Å². The SMILES string of the molecule is CCC[Si](CCC)(CCC)O[C@H]1CC[C@@]2(C)C(C1)[C@@H](OC(C)=O)[C@H](OC(C)=O)[C@@H]1[C@@H]2CC[C@]2(C)C([C@H](C)CN)=CC[C@@H]12. The summed E-state index contributed by atoms with van der Waals surface area (Å²) in [5, 5.41) is 0. The molecule has 6 nitrogen and oxygen atoms in total. The van der Waals surface area contributed by atoms with Crippen molar-refractivity contribution in [2.24, 2.45) is 46.2 Å². The van der Waals surface area contributed by atoms with Gasteiger partial charge in [0.1, 0.15) is 12.2 Å². The number of carbonyl (C=O) groups is 2. The molecule has 0 radical (unpaired) electrons. The molecule has 0 aliphatic heterocycles. The van der Waals surface area contributed by atoms with Crippen LogP contribution in [-0.4, -0.2) is 45.1 Å². The molecule has 4 rings (SSSR count). The lowest BCUT2D eigenvalue weighted by atomic mass is 9.43. The monoisotopic (exact) mass is 603 g/mol. The number of allylic oxidation sites excluding steroid dienone is 1. The summed E-state index contributed by atoms with van der Waals surface area (Å²) in [6, 6.07) is 3.66. The second-order valence-corrected chi connectivity index (χ2v) is 19.1. The van der Waals surface area contributed by atoms with Crippen LogP contribution >= 0.6 is 0 Å². The number of rotatable bonds is 12. The highest BCUT2D eigenvalue weighted by atomic mass is 28.4. The molecule has 0 aromatic rings. The maximum Gasteiger partial charge on any atom is 0.303 e. The van der Waals surface area contributed by atoms with Crippen LogP contribution in [0.2, 0.25) is 18.1 Å². The van der Waals surface area contributed by atoms with Crippen molar-refractivity contribution in [3.05, 3.63) is 11.6 Å². The molecule has 3 fully saturated rings. The zero-order valence-corrected chi connectivity index (χ0v) is 29.0. The van der Waals surface area contributed by atoms with Gasteiger partial charge in [-0.05, 0) is 91.8 Å². The van der Waals surface area contributed by atoms with Crippen LogP contribution in [0.4, 0.5) is 0 Å². The molecule has 4 aliphatic rings. The Labute approximate surface area is 257 Å². The zero-order chi connectivity index (χ0) is 30.9. The number of ether oxygens (including phenoxy) is 2. The summed E-state index contributed by atoms with van der Waals surface area (Å²) < 4.78 is 19.9. The zero-order valence-electron chi connectivity index (χ0n) is 28.0. The van der Waals surface area contributed by atoms with Gasteiger partial charge in [0.2, 0.25) is 0 Å². The first-order valence-corrected chi connectivity index (χ1v) is 19.8. The van der Waals surface area contributed by atoms with E-state index in [4.69, 9.17) is 19.6 Å². The number of hydrogen-bond donors (Lipinski definition) is 1. The number of esters is 2. The van der Waals surface area contributed by atoms with Gasteiger partial charge in [0.25, 0.3) is 0 Å². The van der Waals surface area contributed by atoms with Crippen LogP contribution in [0.15, 0.2) is 11.6 Å². The standard InChI is InChI=1S/C35H61NO5Si/c1-9-18-42(19-10-2,20-11-3)41-26-14-16-35(8)29-15-17-34(7)27(23(4)22-36)12-13-28(34)31(29)33(40-25(6)38)32(30(35)21-26)39-24(5)37/h12,23,26,28-33H,9-11,13-22,36H2,1-8H3/t23-,26+,28+,29+,30?,31+,32-,33-,34-,35-/m1/s1. The molecule has 0 aromatic carbocycles. The van der Waals surface area contributed by atoms with Crippen molar-refractivity contribution in [1.82, 2.24) is 0 Å². The van der Waals surface area contributed by atoms with E-state index in [-0.39, 0.29) is 40.7 Å². The second kappa shape index (κ2) is 13.4. The van der Waals surface area contributed by atoms with Crippen molar-refractivity contribution >= 4 is 20.3 Å². The molecule has 4 aliphatic carbocycles. The van der Waals surface area contributed by atoms with Crippen LogP contribution in [-0.2, 0) is 23.5 Å². The van der Waals surface area contributed by atoms with E-state index in [1.54, 1.807) is 0 Å². The molecule has 0 saturated heterocycles. The minimum Gasteiger partial charge on any atom is -0.458 e. The molecular formula is C35H61NO5Si. The normalized spacial score (nSPS) is 38.5. The van der Waals surface area contributed by atoms with E-state index in [1.165, 1.54) is 56.8 Å². The smallest absolute Gasteiger partial charge is 0.303 e. The molecule has 42 heavy (non-hydrogen) atoms. The average molecular weight is 604 g/mol. The largest absolute Gasteiger partial charge is 0.458 e. The number of hydrogen-bond acceptors (Lipinski definition) is 6. The fraction of sp³-hybridized carbons (Fsp3) is 0.886. The van der Waals surface area contributed by atoms with E-state index < -0.39 is 20.5 Å². The van der Waals surface area contributed by atoms with E-state index in [9.17, 15) is 9.59 Å². The third-order valence-electron chi connectivity index (χ3n) is 12.3. The van der Waals surface area contributed by atoms with Gasteiger partial charge >= 0.3 is 11.9 Å². The summed E-state index contributed by atoms with van der Waals surface area (Å²) in [5.41, 5.74) is 7.70. The molecule has 240 valence electrons. The Hall–Kier alpha value is -1.18. The third kappa shape index (κ3) is 6.17. The number of carbonyl (C=O) groups excluding carboxylic acids is 2. The highest BCUT2D eigenvalue weighted by Gasteiger charge is 2.66. The van der Waals surface area contributed by atoms with E-state index in [0.717, 1.165) is 38.5 Å². The minimum absolute atomic E-state index is 0.00927. The molecule has 2 N–H and O–H groups in total. The summed E-state index contributed by atoms with van der Waals surface area (Å²) in [6.07, 6.45) is 11.5.